The highest BCUT2D eigenvalue weighted by atomic mass is 35.5. The Bertz CT molecular complexity index is 1290. The van der Waals surface area contributed by atoms with Crippen molar-refractivity contribution in [1.82, 2.24) is 4.98 Å². The van der Waals surface area contributed by atoms with Crippen molar-refractivity contribution in [1.29, 1.82) is 0 Å². The zero-order chi connectivity index (χ0) is 20.2. The first kappa shape index (κ1) is 18.1. The fraction of sp³-hybridized carbons (Fsp3) is 0.200. The van der Waals surface area contributed by atoms with Gasteiger partial charge in [0.2, 0.25) is 0 Å². The van der Waals surface area contributed by atoms with E-state index in [1.54, 1.807) is 0 Å². The van der Waals surface area contributed by atoms with Crippen LogP contribution in [0.15, 0.2) is 65.8 Å². The predicted molar refractivity (Wildman–Crippen MR) is 120 cm³/mol. The van der Waals surface area contributed by atoms with Gasteiger partial charge in [0.15, 0.2) is 0 Å². The van der Waals surface area contributed by atoms with Crippen LogP contribution >= 0.6 is 11.6 Å². The van der Waals surface area contributed by atoms with Crippen LogP contribution in [0, 0.1) is 5.41 Å². The molecule has 5 rings (SSSR count). The molecule has 3 nitrogen and oxygen atoms in total. The van der Waals surface area contributed by atoms with Gasteiger partial charge in [-0.05, 0) is 52.8 Å². The molecule has 1 N–H and O–H groups in total. The summed E-state index contributed by atoms with van der Waals surface area (Å²) in [6.07, 6.45) is 1.54. The number of oxime groups is 1. The van der Waals surface area contributed by atoms with E-state index in [2.05, 4.69) is 49.3 Å². The first-order valence-electron chi connectivity index (χ1n) is 9.78. The molecule has 0 bridgehead atoms. The van der Waals surface area contributed by atoms with E-state index in [4.69, 9.17) is 16.6 Å². The number of hydrogen-bond acceptors (Lipinski definition) is 3. The molecule has 0 unspecified atom stereocenters. The lowest BCUT2D eigenvalue weighted by Gasteiger charge is -2.33. The highest BCUT2D eigenvalue weighted by molar-refractivity contribution is 6.30. The second-order valence-corrected chi connectivity index (χ2v) is 9.00. The van der Waals surface area contributed by atoms with Gasteiger partial charge in [-0.3, -0.25) is 4.98 Å². The van der Waals surface area contributed by atoms with Gasteiger partial charge in [0.25, 0.3) is 0 Å². The molecule has 1 aliphatic carbocycles. The molecule has 3 aromatic carbocycles. The number of halogens is 1. The van der Waals surface area contributed by atoms with Gasteiger partial charge in [-0.2, -0.15) is 0 Å². The maximum absolute atomic E-state index is 9.91. The lowest BCUT2D eigenvalue weighted by atomic mass is 9.73. The van der Waals surface area contributed by atoms with E-state index in [1.165, 1.54) is 0 Å². The van der Waals surface area contributed by atoms with Crippen LogP contribution in [0.25, 0.3) is 32.8 Å². The first-order valence-corrected chi connectivity index (χ1v) is 10.2. The van der Waals surface area contributed by atoms with Crippen molar-refractivity contribution < 1.29 is 5.21 Å². The van der Waals surface area contributed by atoms with Crippen LogP contribution in [0.3, 0.4) is 0 Å². The lowest BCUT2D eigenvalue weighted by Crippen LogP contribution is -2.29. The summed E-state index contributed by atoms with van der Waals surface area (Å²) >= 11 is 6.17. The molecule has 29 heavy (non-hydrogen) atoms. The molecule has 0 fully saturated rings. The Labute approximate surface area is 174 Å². The summed E-state index contributed by atoms with van der Waals surface area (Å²) in [7, 11) is 0. The van der Waals surface area contributed by atoms with Crippen molar-refractivity contribution in [3.63, 3.8) is 0 Å². The molecule has 1 aliphatic rings. The zero-order valence-electron chi connectivity index (χ0n) is 16.4. The van der Waals surface area contributed by atoms with E-state index in [0.29, 0.717) is 17.2 Å². The Hall–Kier alpha value is -2.91. The third-order valence-electron chi connectivity index (χ3n) is 5.79. The number of hydrogen-bond donors (Lipinski definition) is 1. The minimum Gasteiger partial charge on any atom is -0.411 e. The predicted octanol–water partition coefficient (Wildman–Crippen LogP) is 6.86. The molecule has 0 spiro atoms. The van der Waals surface area contributed by atoms with Gasteiger partial charge < -0.3 is 5.21 Å². The number of aromatic nitrogens is 1. The summed E-state index contributed by atoms with van der Waals surface area (Å²) in [6, 6.07) is 20.4. The van der Waals surface area contributed by atoms with Crippen LogP contribution < -0.4 is 0 Å². The van der Waals surface area contributed by atoms with Gasteiger partial charge >= 0.3 is 0 Å². The molecular formula is C25H21ClN2O. The molecule has 0 atom stereocenters. The van der Waals surface area contributed by atoms with E-state index >= 15 is 0 Å². The van der Waals surface area contributed by atoms with Gasteiger partial charge in [-0.15, -0.1) is 0 Å². The fourth-order valence-electron chi connectivity index (χ4n) is 4.57. The van der Waals surface area contributed by atoms with Gasteiger partial charge in [0, 0.05) is 21.5 Å². The molecule has 0 amide bonds. The second-order valence-electron chi connectivity index (χ2n) is 8.56. The number of pyridine rings is 1. The van der Waals surface area contributed by atoms with Crippen molar-refractivity contribution in [2.45, 2.75) is 26.7 Å². The lowest BCUT2D eigenvalue weighted by molar-refractivity contribution is 0.306. The van der Waals surface area contributed by atoms with E-state index < -0.39 is 0 Å². The minimum absolute atomic E-state index is 0.0106. The molecular weight excluding hydrogens is 380 g/mol. The van der Waals surface area contributed by atoms with Gasteiger partial charge in [0.05, 0.1) is 16.9 Å². The van der Waals surface area contributed by atoms with Crippen molar-refractivity contribution in [3.05, 3.63) is 76.9 Å². The third kappa shape index (κ3) is 2.97. The summed E-state index contributed by atoms with van der Waals surface area (Å²) in [5.41, 5.74) is 5.71. The average molecular weight is 401 g/mol. The SMILES string of the molecule is CC1(C)C/C(=N\O)c2c(nc3ccc4ccccc4c3c2-c2ccc(Cl)cc2)C1. The molecule has 1 aromatic heterocycles. The molecule has 4 heteroatoms. The highest BCUT2D eigenvalue weighted by Gasteiger charge is 2.34. The maximum atomic E-state index is 9.91. The van der Waals surface area contributed by atoms with Crippen molar-refractivity contribution in [3.8, 4) is 11.1 Å². The van der Waals surface area contributed by atoms with Crippen molar-refractivity contribution in [2.75, 3.05) is 0 Å². The van der Waals surface area contributed by atoms with Crippen LogP contribution in [-0.2, 0) is 6.42 Å². The van der Waals surface area contributed by atoms with Crippen LogP contribution in [-0.4, -0.2) is 15.9 Å². The smallest absolute Gasteiger partial charge is 0.0898 e. The Morgan fingerprint density at radius 2 is 1.69 bits per heavy atom. The summed E-state index contributed by atoms with van der Waals surface area (Å²) in [5, 5.41) is 17.7. The maximum Gasteiger partial charge on any atom is 0.0898 e. The van der Waals surface area contributed by atoms with Crippen molar-refractivity contribution in [2.24, 2.45) is 10.6 Å². The van der Waals surface area contributed by atoms with Crippen LogP contribution in [0.5, 0.6) is 0 Å². The van der Waals surface area contributed by atoms with Crippen LogP contribution in [0.2, 0.25) is 5.02 Å². The van der Waals surface area contributed by atoms with Crippen molar-refractivity contribution >= 4 is 39.0 Å². The van der Waals surface area contributed by atoms with E-state index in [-0.39, 0.29) is 5.41 Å². The van der Waals surface area contributed by atoms with Gasteiger partial charge in [-0.25, -0.2) is 0 Å². The molecule has 0 saturated carbocycles. The summed E-state index contributed by atoms with van der Waals surface area (Å²) in [5.74, 6) is 0. The molecule has 0 radical (unpaired) electrons. The quantitative estimate of drug-likeness (QED) is 0.215. The van der Waals surface area contributed by atoms with E-state index in [9.17, 15) is 5.21 Å². The number of benzene rings is 3. The fourth-order valence-corrected chi connectivity index (χ4v) is 4.70. The second kappa shape index (κ2) is 6.57. The summed E-state index contributed by atoms with van der Waals surface area (Å²) in [6.45, 7) is 4.38. The largest absolute Gasteiger partial charge is 0.411 e. The van der Waals surface area contributed by atoms with E-state index in [1.807, 2.05) is 30.3 Å². The Balaban J connectivity index is 1.99. The van der Waals surface area contributed by atoms with E-state index in [0.717, 1.165) is 50.5 Å². The summed E-state index contributed by atoms with van der Waals surface area (Å²) < 4.78 is 0. The van der Waals surface area contributed by atoms with Crippen LogP contribution in [0.1, 0.15) is 31.5 Å². The zero-order valence-corrected chi connectivity index (χ0v) is 17.2. The Morgan fingerprint density at radius 3 is 2.45 bits per heavy atom. The van der Waals surface area contributed by atoms with Crippen LogP contribution in [0.4, 0.5) is 0 Å². The summed E-state index contributed by atoms with van der Waals surface area (Å²) in [4.78, 5) is 5.05. The third-order valence-corrected chi connectivity index (χ3v) is 6.04. The number of nitrogens with zero attached hydrogens (tertiary/aromatic N) is 2. The normalized spacial score (nSPS) is 17.0. The minimum atomic E-state index is -0.0106. The first-order chi connectivity index (χ1) is 14.0. The molecule has 4 aromatic rings. The Kier molecular flexibility index (Phi) is 4.11. The number of rotatable bonds is 1. The molecule has 144 valence electrons. The number of fused-ring (bicyclic) bond motifs is 4. The highest BCUT2D eigenvalue weighted by Crippen LogP contribution is 2.43. The molecule has 1 heterocycles. The van der Waals surface area contributed by atoms with Gasteiger partial charge in [0.1, 0.15) is 0 Å². The Morgan fingerprint density at radius 1 is 0.931 bits per heavy atom. The molecule has 0 saturated heterocycles. The molecule has 0 aliphatic heterocycles. The topological polar surface area (TPSA) is 45.5 Å². The average Bonchev–Trinajstić information content (AvgIpc) is 2.71. The monoisotopic (exact) mass is 400 g/mol. The van der Waals surface area contributed by atoms with Gasteiger partial charge in [-0.1, -0.05) is 73.1 Å². The standard InChI is InChI=1S/C25H21ClN2O/c1-25(2)13-20-24(21(14-25)28-29)22(16-7-10-17(26)11-8-16)23-18-6-4-3-5-15(18)9-12-19(23)27-20/h3-12,29H,13-14H2,1-2H3/b28-21+.